The van der Waals surface area contributed by atoms with Gasteiger partial charge in [0.05, 0.1) is 0 Å². The highest BCUT2D eigenvalue weighted by Gasteiger charge is 2.19. The van der Waals surface area contributed by atoms with Gasteiger partial charge in [-0.05, 0) is 63.6 Å². The highest BCUT2D eigenvalue weighted by Crippen LogP contribution is 2.20. The third-order valence-corrected chi connectivity index (χ3v) is 6.91. The van der Waals surface area contributed by atoms with Crippen molar-refractivity contribution in [3.8, 4) is 0 Å². The molecule has 0 aliphatic carbocycles. The number of hydrogen-bond donors (Lipinski definition) is 3. The van der Waals surface area contributed by atoms with E-state index in [1.165, 1.54) is 36.9 Å². The molecule has 1 aromatic carbocycles. The van der Waals surface area contributed by atoms with Gasteiger partial charge in [0.2, 0.25) is 5.95 Å². The van der Waals surface area contributed by atoms with E-state index < -0.39 is 0 Å². The minimum Gasteiger partial charge on any atom is -0.383 e. The van der Waals surface area contributed by atoms with Crippen LogP contribution in [0.5, 0.6) is 0 Å². The minimum absolute atomic E-state index is 0.508. The maximum Gasteiger partial charge on any atom is 0.226 e. The molecule has 0 radical (unpaired) electrons. The maximum atomic E-state index is 6.14. The Labute approximate surface area is 218 Å². The molecule has 8 heteroatoms. The lowest BCUT2D eigenvalue weighted by molar-refractivity contribution is 0.238. The van der Waals surface area contributed by atoms with Gasteiger partial charge < -0.3 is 26.2 Å². The van der Waals surface area contributed by atoms with Crippen molar-refractivity contribution < 1.29 is 0 Å². The van der Waals surface area contributed by atoms with Crippen LogP contribution < -0.4 is 21.3 Å². The third kappa shape index (κ3) is 9.91. The van der Waals surface area contributed by atoms with Crippen LogP contribution in [-0.4, -0.2) is 79.7 Å². The first kappa shape index (κ1) is 28.2. The quantitative estimate of drug-likeness (QED) is 0.322. The fourth-order valence-corrected chi connectivity index (χ4v) is 4.64. The molecule has 1 fully saturated rings. The predicted molar refractivity (Wildman–Crippen MR) is 152 cm³/mol. The van der Waals surface area contributed by atoms with Gasteiger partial charge in [0.1, 0.15) is 11.6 Å². The van der Waals surface area contributed by atoms with E-state index in [1.807, 2.05) is 6.07 Å². The van der Waals surface area contributed by atoms with E-state index in [1.54, 1.807) is 0 Å². The molecule has 1 saturated heterocycles. The number of rotatable bonds is 15. The van der Waals surface area contributed by atoms with E-state index in [0.717, 1.165) is 64.0 Å². The Hall–Kier alpha value is -2.42. The van der Waals surface area contributed by atoms with Crippen molar-refractivity contribution in [1.29, 1.82) is 0 Å². The molecule has 0 spiro atoms. The number of nitrogen functional groups attached to an aromatic ring is 1. The van der Waals surface area contributed by atoms with E-state index >= 15 is 0 Å². The van der Waals surface area contributed by atoms with Crippen molar-refractivity contribution in [2.75, 3.05) is 75.9 Å². The highest BCUT2D eigenvalue weighted by atomic mass is 15.3. The molecule has 1 aliphatic rings. The van der Waals surface area contributed by atoms with Gasteiger partial charge in [-0.3, -0.25) is 4.90 Å². The van der Waals surface area contributed by atoms with Gasteiger partial charge in [0.15, 0.2) is 0 Å². The third-order valence-electron chi connectivity index (χ3n) is 6.91. The molecule has 36 heavy (non-hydrogen) atoms. The lowest BCUT2D eigenvalue weighted by atomic mass is 10.0. The van der Waals surface area contributed by atoms with Gasteiger partial charge in [-0.1, -0.05) is 51.0 Å². The number of nitrogens with one attached hydrogen (secondary N) is 2. The number of nitrogens with zero attached hydrogens (tertiary/aromatic N) is 5. The van der Waals surface area contributed by atoms with Crippen LogP contribution in [0.2, 0.25) is 0 Å². The van der Waals surface area contributed by atoms with Crippen LogP contribution in [0.3, 0.4) is 0 Å². The topological polar surface area (TPSA) is 85.6 Å². The summed E-state index contributed by atoms with van der Waals surface area (Å²) in [5.41, 5.74) is 8.63. The first-order valence-electron chi connectivity index (χ1n) is 13.7. The molecular weight excluding hydrogens is 448 g/mol. The average molecular weight is 497 g/mol. The van der Waals surface area contributed by atoms with Crippen LogP contribution in [0.25, 0.3) is 0 Å². The molecule has 0 bridgehead atoms. The predicted octanol–water partition coefficient (Wildman–Crippen LogP) is 3.66. The van der Waals surface area contributed by atoms with Crippen molar-refractivity contribution in [2.45, 2.75) is 52.6 Å². The summed E-state index contributed by atoms with van der Waals surface area (Å²) in [5.74, 6) is 2.83. The van der Waals surface area contributed by atoms with Crippen molar-refractivity contribution in [1.82, 2.24) is 25.1 Å². The Balaban J connectivity index is 1.43. The normalized spacial score (nSPS) is 15.4. The zero-order chi connectivity index (χ0) is 25.8. The molecule has 0 saturated carbocycles. The average Bonchev–Trinajstić information content (AvgIpc) is 2.87. The van der Waals surface area contributed by atoms with E-state index in [-0.39, 0.29) is 0 Å². The van der Waals surface area contributed by atoms with Gasteiger partial charge in [0.25, 0.3) is 0 Å². The maximum absolute atomic E-state index is 6.14. The van der Waals surface area contributed by atoms with Crippen molar-refractivity contribution >= 4 is 17.6 Å². The molecule has 1 aromatic heterocycles. The Morgan fingerprint density at radius 2 is 1.69 bits per heavy atom. The number of anilines is 3. The second kappa shape index (κ2) is 15.0. The Morgan fingerprint density at radius 1 is 1.00 bits per heavy atom. The molecule has 2 heterocycles. The summed E-state index contributed by atoms with van der Waals surface area (Å²) in [5, 5.41) is 6.88. The van der Waals surface area contributed by atoms with Gasteiger partial charge in [0, 0.05) is 45.3 Å². The number of piperazine rings is 1. The van der Waals surface area contributed by atoms with Gasteiger partial charge in [-0.15, -0.1) is 0 Å². The van der Waals surface area contributed by atoms with E-state index in [9.17, 15) is 0 Å². The van der Waals surface area contributed by atoms with Crippen LogP contribution in [0.4, 0.5) is 17.6 Å². The summed E-state index contributed by atoms with van der Waals surface area (Å²) in [6.45, 7) is 13.6. The highest BCUT2D eigenvalue weighted by molar-refractivity contribution is 5.52. The minimum atomic E-state index is 0.508. The fraction of sp³-hybridized carbons (Fsp3) is 0.643. The molecule has 2 aromatic rings. The van der Waals surface area contributed by atoms with E-state index in [4.69, 9.17) is 10.7 Å². The zero-order valence-electron chi connectivity index (χ0n) is 23.0. The van der Waals surface area contributed by atoms with Crippen LogP contribution in [0, 0.1) is 5.92 Å². The molecule has 4 N–H and O–H groups in total. The second-order valence-corrected chi connectivity index (χ2v) is 10.5. The summed E-state index contributed by atoms with van der Waals surface area (Å²) in [6, 6.07) is 10.6. The monoisotopic (exact) mass is 496 g/mol. The van der Waals surface area contributed by atoms with E-state index in [0.29, 0.717) is 18.3 Å². The number of aromatic nitrogens is 2. The molecular formula is C28H48N8. The van der Waals surface area contributed by atoms with Crippen molar-refractivity contribution in [3.63, 3.8) is 0 Å². The van der Waals surface area contributed by atoms with Crippen LogP contribution in [0.15, 0.2) is 30.3 Å². The second-order valence-electron chi connectivity index (χ2n) is 10.5. The molecule has 3 rings (SSSR count). The largest absolute Gasteiger partial charge is 0.383 e. The summed E-state index contributed by atoms with van der Waals surface area (Å²) < 4.78 is 0. The first-order chi connectivity index (χ1) is 17.4. The smallest absolute Gasteiger partial charge is 0.226 e. The van der Waals surface area contributed by atoms with Crippen molar-refractivity contribution in [3.05, 3.63) is 41.5 Å². The number of nitrogens with two attached hydrogens (primary N) is 1. The lowest BCUT2D eigenvalue weighted by Gasteiger charge is -2.36. The SMILES string of the molecule is CCCC(C)CCN1CCN(c2cc(N)nc(NCc3ccc(CNCCCN(C)C)cc3)n2)CC1. The Morgan fingerprint density at radius 3 is 2.36 bits per heavy atom. The van der Waals surface area contributed by atoms with E-state index in [2.05, 4.69) is 82.5 Å². The molecule has 1 aliphatic heterocycles. The zero-order valence-corrected chi connectivity index (χ0v) is 23.0. The first-order valence-corrected chi connectivity index (χ1v) is 13.7. The lowest BCUT2D eigenvalue weighted by Crippen LogP contribution is -2.47. The standard InChI is InChI=1S/C28H48N8/c1-5-7-23(2)12-15-35-16-18-36(19-17-35)27-20-26(29)32-28(33-27)31-22-25-10-8-24(9-11-25)21-30-13-6-14-34(3)4/h8-11,20,23,30H,5-7,12-19,21-22H2,1-4H3,(H3,29,31,32,33). The summed E-state index contributed by atoms with van der Waals surface area (Å²) >= 11 is 0. The van der Waals surface area contributed by atoms with Crippen LogP contribution in [-0.2, 0) is 13.1 Å². The van der Waals surface area contributed by atoms with Gasteiger partial charge in [-0.25, -0.2) is 0 Å². The van der Waals surface area contributed by atoms with Gasteiger partial charge >= 0.3 is 0 Å². The Kier molecular flexibility index (Phi) is 11.7. The summed E-state index contributed by atoms with van der Waals surface area (Å²) in [7, 11) is 4.22. The molecule has 1 atom stereocenters. The molecule has 200 valence electrons. The van der Waals surface area contributed by atoms with Crippen LogP contribution in [0.1, 0.15) is 50.7 Å². The van der Waals surface area contributed by atoms with Crippen molar-refractivity contribution in [2.24, 2.45) is 5.92 Å². The molecule has 1 unspecified atom stereocenters. The summed E-state index contributed by atoms with van der Waals surface area (Å²) in [6.07, 6.45) is 5.05. The Bertz CT molecular complexity index is 878. The number of hydrogen-bond acceptors (Lipinski definition) is 8. The van der Waals surface area contributed by atoms with Crippen LogP contribution >= 0.6 is 0 Å². The fourth-order valence-electron chi connectivity index (χ4n) is 4.64. The number of benzene rings is 1. The summed E-state index contributed by atoms with van der Waals surface area (Å²) in [4.78, 5) is 16.3. The molecule has 0 amide bonds. The van der Waals surface area contributed by atoms with Gasteiger partial charge in [-0.2, -0.15) is 9.97 Å². The molecule has 8 nitrogen and oxygen atoms in total.